The molecule has 1 aromatic carbocycles. The summed E-state index contributed by atoms with van der Waals surface area (Å²) in [4.78, 5) is 0. The summed E-state index contributed by atoms with van der Waals surface area (Å²) in [6, 6.07) is 3.29. The summed E-state index contributed by atoms with van der Waals surface area (Å²) in [5.41, 5.74) is -0.491. The first-order valence-electron chi connectivity index (χ1n) is 4.69. The Morgan fingerprint density at radius 2 is 2.00 bits per heavy atom. The second kappa shape index (κ2) is 5.80. The van der Waals surface area contributed by atoms with E-state index in [1.165, 1.54) is 6.07 Å². The first-order chi connectivity index (χ1) is 7.84. The molecule has 1 atom stereocenters. The van der Waals surface area contributed by atoms with E-state index in [-0.39, 0.29) is 17.4 Å². The average molecular weight is 288 g/mol. The molecular weight excluding hydrogens is 278 g/mol. The fourth-order valence-corrected chi connectivity index (χ4v) is 1.54. The quantitative estimate of drug-likeness (QED) is 0.833. The molecule has 0 aliphatic rings. The minimum Gasteiger partial charge on any atom is -0.390 e. The lowest BCUT2D eigenvalue weighted by molar-refractivity contribution is -0.137. The molecule has 0 saturated heterocycles. The van der Waals surface area contributed by atoms with Crippen molar-refractivity contribution < 1.29 is 18.3 Å². The standard InChI is InChI=1S/C10H10Cl2F3NO/c11-4-7(17)5-16-6-1-2-8(9(12)3-6)10(13,14)15/h1-3,7,16-17H,4-5H2. The van der Waals surface area contributed by atoms with Crippen LogP contribution in [-0.4, -0.2) is 23.6 Å². The lowest BCUT2D eigenvalue weighted by atomic mass is 10.2. The lowest BCUT2D eigenvalue weighted by Gasteiger charge is -2.13. The van der Waals surface area contributed by atoms with Crippen molar-refractivity contribution >= 4 is 28.9 Å². The Morgan fingerprint density at radius 1 is 1.35 bits per heavy atom. The van der Waals surface area contributed by atoms with Gasteiger partial charge in [-0.25, -0.2) is 0 Å². The van der Waals surface area contributed by atoms with Crippen LogP contribution in [0.5, 0.6) is 0 Å². The maximum Gasteiger partial charge on any atom is 0.417 e. The van der Waals surface area contributed by atoms with Gasteiger partial charge in [0.05, 0.1) is 22.6 Å². The Kier molecular flexibility index (Phi) is 4.91. The molecular formula is C10H10Cl2F3NO. The summed E-state index contributed by atoms with van der Waals surface area (Å²) < 4.78 is 37.2. The van der Waals surface area contributed by atoms with Crippen molar-refractivity contribution in [2.45, 2.75) is 12.3 Å². The van der Waals surface area contributed by atoms with Crippen molar-refractivity contribution in [3.8, 4) is 0 Å². The van der Waals surface area contributed by atoms with Gasteiger partial charge in [0.25, 0.3) is 0 Å². The van der Waals surface area contributed by atoms with Gasteiger partial charge in [-0.05, 0) is 18.2 Å². The monoisotopic (exact) mass is 287 g/mol. The van der Waals surface area contributed by atoms with E-state index < -0.39 is 17.8 Å². The summed E-state index contributed by atoms with van der Waals surface area (Å²) in [5.74, 6) is 0.0430. The lowest BCUT2D eigenvalue weighted by Crippen LogP contribution is -2.20. The molecule has 2 nitrogen and oxygen atoms in total. The van der Waals surface area contributed by atoms with Gasteiger partial charge in [0.15, 0.2) is 0 Å². The van der Waals surface area contributed by atoms with Crippen molar-refractivity contribution in [3.63, 3.8) is 0 Å². The van der Waals surface area contributed by atoms with Crippen LogP contribution >= 0.6 is 23.2 Å². The van der Waals surface area contributed by atoms with E-state index in [0.29, 0.717) is 5.69 Å². The summed E-state index contributed by atoms with van der Waals surface area (Å²) in [6.45, 7) is 0.144. The minimum atomic E-state index is -4.47. The van der Waals surface area contributed by atoms with E-state index in [2.05, 4.69) is 5.32 Å². The highest BCUT2D eigenvalue weighted by Crippen LogP contribution is 2.35. The van der Waals surface area contributed by atoms with Gasteiger partial charge in [-0.3, -0.25) is 0 Å². The topological polar surface area (TPSA) is 32.3 Å². The molecule has 7 heteroatoms. The van der Waals surface area contributed by atoms with Crippen LogP contribution in [0.15, 0.2) is 18.2 Å². The van der Waals surface area contributed by atoms with Gasteiger partial charge in [0.2, 0.25) is 0 Å². The molecule has 0 saturated carbocycles. The van der Waals surface area contributed by atoms with Crippen molar-refractivity contribution in [2.75, 3.05) is 17.7 Å². The molecule has 0 heterocycles. The number of hydrogen-bond acceptors (Lipinski definition) is 2. The maximum atomic E-state index is 12.4. The fraction of sp³-hybridized carbons (Fsp3) is 0.400. The summed E-state index contributed by atoms with van der Waals surface area (Å²) in [7, 11) is 0. The SMILES string of the molecule is OC(CCl)CNc1ccc(C(F)(F)F)c(Cl)c1. The first kappa shape index (κ1) is 14.4. The van der Waals surface area contributed by atoms with Crippen LogP contribution in [0.1, 0.15) is 5.56 Å². The molecule has 0 bridgehead atoms. The zero-order valence-corrected chi connectivity index (χ0v) is 10.1. The van der Waals surface area contributed by atoms with Crippen molar-refractivity contribution in [1.82, 2.24) is 0 Å². The minimum absolute atomic E-state index is 0.0430. The van der Waals surface area contributed by atoms with E-state index in [9.17, 15) is 13.2 Å². The number of halogens is 5. The second-order valence-electron chi connectivity index (χ2n) is 3.38. The Labute approximate surface area is 106 Å². The zero-order valence-electron chi connectivity index (χ0n) is 8.56. The molecule has 1 rings (SSSR count). The van der Waals surface area contributed by atoms with E-state index in [1.807, 2.05) is 0 Å². The third-order valence-electron chi connectivity index (χ3n) is 1.99. The molecule has 17 heavy (non-hydrogen) atoms. The molecule has 0 aromatic heterocycles. The highest BCUT2D eigenvalue weighted by molar-refractivity contribution is 6.31. The van der Waals surface area contributed by atoms with Gasteiger partial charge < -0.3 is 10.4 Å². The van der Waals surface area contributed by atoms with Crippen LogP contribution in [0.4, 0.5) is 18.9 Å². The Morgan fingerprint density at radius 3 is 2.47 bits per heavy atom. The molecule has 96 valence electrons. The van der Waals surface area contributed by atoms with Crippen molar-refractivity contribution in [2.24, 2.45) is 0 Å². The van der Waals surface area contributed by atoms with E-state index in [4.69, 9.17) is 28.3 Å². The van der Waals surface area contributed by atoms with Gasteiger partial charge in [-0.2, -0.15) is 13.2 Å². The number of hydrogen-bond donors (Lipinski definition) is 2. The third kappa shape index (κ3) is 4.26. The molecule has 0 amide bonds. The van der Waals surface area contributed by atoms with Crippen LogP contribution in [-0.2, 0) is 6.18 Å². The number of aliphatic hydroxyl groups is 1. The van der Waals surface area contributed by atoms with Gasteiger partial charge >= 0.3 is 6.18 Å². The van der Waals surface area contributed by atoms with Crippen LogP contribution in [0, 0.1) is 0 Å². The third-order valence-corrected chi connectivity index (χ3v) is 2.66. The molecule has 1 aromatic rings. The highest BCUT2D eigenvalue weighted by Gasteiger charge is 2.32. The number of nitrogens with one attached hydrogen (secondary N) is 1. The largest absolute Gasteiger partial charge is 0.417 e. The van der Waals surface area contributed by atoms with Crippen molar-refractivity contribution in [3.05, 3.63) is 28.8 Å². The Hall–Kier alpha value is -0.650. The Bertz CT molecular complexity index is 384. The molecule has 0 spiro atoms. The summed E-state index contributed by atoms with van der Waals surface area (Å²) >= 11 is 10.9. The van der Waals surface area contributed by atoms with Crippen LogP contribution in [0.3, 0.4) is 0 Å². The molecule has 2 N–H and O–H groups in total. The molecule has 0 aliphatic heterocycles. The Balaban J connectivity index is 2.76. The van der Waals surface area contributed by atoms with Crippen molar-refractivity contribution in [1.29, 1.82) is 0 Å². The smallest absolute Gasteiger partial charge is 0.390 e. The highest BCUT2D eigenvalue weighted by atomic mass is 35.5. The number of benzene rings is 1. The summed E-state index contributed by atoms with van der Waals surface area (Å²) in [5, 5.41) is 11.5. The van der Waals surface area contributed by atoms with Crippen LogP contribution in [0.25, 0.3) is 0 Å². The van der Waals surface area contributed by atoms with E-state index in [0.717, 1.165) is 12.1 Å². The van der Waals surface area contributed by atoms with Gasteiger partial charge in [-0.1, -0.05) is 11.6 Å². The average Bonchev–Trinajstić information content (AvgIpc) is 2.24. The number of anilines is 1. The normalized spacial score (nSPS) is 13.5. The van der Waals surface area contributed by atoms with Gasteiger partial charge in [0.1, 0.15) is 0 Å². The van der Waals surface area contributed by atoms with E-state index in [1.54, 1.807) is 0 Å². The number of aliphatic hydroxyl groups excluding tert-OH is 1. The predicted octanol–water partition coefficient (Wildman–Crippen LogP) is 3.37. The molecule has 0 aliphatic carbocycles. The van der Waals surface area contributed by atoms with Crippen LogP contribution in [0.2, 0.25) is 5.02 Å². The second-order valence-corrected chi connectivity index (χ2v) is 4.10. The van der Waals surface area contributed by atoms with Gasteiger partial charge in [0, 0.05) is 12.2 Å². The molecule has 1 unspecified atom stereocenters. The number of rotatable bonds is 4. The first-order valence-corrected chi connectivity index (χ1v) is 5.60. The van der Waals surface area contributed by atoms with E-state index >= 15 is 0 Å². The zero-order chi connectivity index (χ0) is 13.1. The van der Waals surface area contributed by atoms with Gasteiger partial charge in [-0.15, -0.1) is 11.6 Å². The molecule has 0 radical (unpaired) electrons. The predicted molar refractivity (Wildman–Crippen MR) is 61.7 cm³/mol. The molecule has 0 fully saturated rings. The van der Waals surface area contributed by atoms with Crippen LogP contribution < -0.4 is 5.32 Å². The fourth-order valence-electron chi connectivity index (χ4n) is 1.15. The number of alkyl halides is 4. The maximum absolute atomic E-state index is 12.4. The summed E-state index contributed by atoms with van der Waals surface area (Å²) in [6.07, 6.45) is -5.23.